The van der Waals surface area contributed by atoms with E-state index in [1.165, 1.54) is 6.07 Å². The highest BCUT2D eigenvalue weighted by Gasteiger charge is 2.54. The van der Waals surface area contributed by atoms with Crippen LogP contribution in [0, 0.1) is 5.82 Å². The summed E-state index contributed by atoms with van der Waals surface area (Å²) in [6.07, 6.45) is 5.79. The van der Waals surface area contributed by atoms with Gasteiger partial charge in [0.2, 0.25) is 0 Å². The molecule has 10 heteroatoms. The normalized spacial score (nSPS) is 19.6. The fraction of sp³-hybridized carbons (Fsp3) is 0.429. The largest absolute Gasteiger partial charge is 0.351 e. The number of aromatic amines is 2. The van der Waals surface area contributed by atoms with Gasteiger partial charge in [0.05, 0.1) is 29.0 Å². The molecule has 31 heavy (non-hydrogen) atoms. The van der Waals surface area contributed by atoms with E-state index in [0.29, 0.717) is 23.3 Å². The number of carbonyl (C=O) groups excluding carboxylic acids is 1. The molecule has 3 N–H and O–H groups in total. The Hall–Kier alpha value is -2.88. The van der Waals surface area contributed by atoms with Crippen LogP contribution in [-0.4, -0.2) is 46.8 Å². The van der Waals surface area contributed by atoms with Crippen molar-refractivity contribution in [2.24, 2.45) is 0 Å². The molecule has 8 nitrogen and oxygen atoms in total. The first-order valence-corrected chi connectivity index (χ1v) is 12.3. The Kier molecular flexibility index (Phi) is 3.70. The van der Waals surface area contributed by atoms with Gasteiger partial charge in [0.25, 0.3) is 0 Å². The molecule has 3 aromatic rings. The summed E-state index contributed by atoms with van der Waals surface area (Å²) in [4.78, 5) is 17.5. The molecule has 0 unspecified atom stereocenters. The van der Waals surface area contributed by atoms with Gasteiger partial charge in [0, 0.05) is 23.2 Å². The molecule has 0 radical (unpaired) electrons. The number of nitrogens with one attached hydrogen (secondary N) is 3. The molecule has 0 bridgehead atoms. The molecule has 3 heterocycles. The molecule has 2 aliphatic carbocycles. The summed E-state index contributed by atoms with van der Waals surface area (Å²) < 4.78 is 38.7. The Morgan fingerprint density at radius 2 is 2.10 bits per heavy atom. The van der Waals surface area contributed by atoms with E-state index in [2.05, 4.69) is 20.5 Å². The molecule has 3 aliphatic rings. The molecular weight excluding hydrogens is 421 g/mol. The number of urea groups is 1. The lowest BCUT2D eigenvalue weighted by atomic mass is 9.71. The second-order valence-corrected chi connectivity index (χ2v) is 10.9. The predicted octanol–water partition coefficient (Wildman–Crippen LogP) is 3.17. The molecule has 1 spiro atoms. The van der Waals surface area contributed by atoms with Gasteiger partial charge in [-0.3, -0.25) is 5.10 Å². The quantitative estimate of drug-likeness (QED) is 0.577. The van der Waals surface area contributed by atoms with E-state index < -0.39 is 21.2 Å². The number of H-pyrrole nitrogens is 2. The van der Waals surface area contributed by atoms with Crippen LogP contribution in [0.15, 0.2) is 23.1 Å². The zero-order valence-electron chi connectivity index (χ0n) is 17.0. The first-order valence-electron chi connectivity index (χ1n) is 10.5. The number of rotatable bonds is 3. The fourth-order valence-corrected chi connectivity index (χ4v) is 5.71. The molecule has 162 valence electrons. The Balaban J connectivity index is 1.44. The van der Waals surface area contributed by atoms with Gasteiger partial charge in [-0.05, 0) is 44.2 Å². The van der Waals surface area contributed by atoms with E-state index in [1.54, 1.807) is 12.1 Å². The third kappa shape index (κ3) is 2.67. The van der Waals surface area contributed by atoms with Crippen molar-refractivity contribution in [2.45, 2.75) is 55.1 Å². The molecular formula is C21H22FN5O3S. The van der Waals surface area contributed by atoms with Crippen LogP contribution in [0.25, 0.3) is 22.3 Å². The Labute approximate surface area is 178 Å². The standard InChI is InChI=1S/C21H22FN5O3S/c1-31(29,30)15-6-3-11-9-13(24-18(11)17(15)22)19-16-14(25-26-19)10-27(21(16)7-2-8-21)20(28)23-12-4-5-12/h3,6,9,12,24H,2,4-5,7-8,10H2,1H3,(H,23,28)(H,25,26). The second kappa shape index (κ2) is 6.09. The highest BCUT2D eigenvalue weighted by atomic mass is 32.2. The van der Waals surface area contributed by atoms with Crippen molar-refractivity contribution >= 4 is 26.8 Å². The number of benzene rings is 1. The van der Waals surface area contributed by atoms with Crippen molar-refractivity contribution in [3.05, 3.63) is 35.3 Å². The molecule has 2 fully saturated rings. The van der Waals surface area contributed by atoms with E-state index in [1.807, 2.05) is 4.90 Å². The average molecular weight is 444 g/mol. The molecule has 1 aromatic carbocycles. The van der Waals surface area contributed by atoms with E-state index in [0.717, 1.165) is 49.6 Å². The zero-order chi connectivity index (χ0) is 21.5. The minimum atomic E-state index is -3.68. The number of carbonyl (C=O) groups is 1. The Bertz CT molecular complexity index is 1350. The minimum Gasteiger partial charge on any atom is -0.351 e. The molecule has 0 saturated heterocycles. The van der Waals surface area contributed by atoms with Gasteiger partial charge in [-0.15, -0.1) is 0 Å². The SMILES string of the molecule is CS(=O)(=O)c1ccc2cc(-c3n[nH]c4c3C3(CCC3)N(C(=O)NC3CC3)C4)[nH]c2c1F. The predicted molar refractivity (Wildman–Crippen MR) is 112 cm³/mol. The van der Waals surface area contributed by atoms with Gasteiger partial charge in [0.15, 0.2) is 15.7 Å². The van der Waals surface area contributed by atoms with Gasteiger partial charge in [0.1, 0.15) is 10.6 Å². The maximum atomic E-state index is 14.9. The maximum absolute atomic E-state index is 14.9. The van der Waals surface area contributed by atoms with Crippen LogP contribution in [0.4, 0.5) is 9.18 Å². The number of aromatic nitrogens is 3. The van der Waals surface area contributed by atoms with Crippen LogP contribution in [0.1, 0.15) is 43.4 Å². The number of fused-ring (bicyclic) bond motifs is 3. The summed E-state index contributed by atoms with van der Waals surface area (Å²) in [5, 5.41) is 11.2. The third-order valence-corrected chi connectivity index (χ3v) is 7.94. The van der Waals surface area contributed by atoms with Crippen LogP contribution < -0.4 is 5.32 Å². The van der Waals surface area contributed by atoms with Crippen LogP contribution in [-0.2, 0) is 21.9 Å². The van der Waals surface area contributed by atoms with Crippen molar-refractivity contribution in [2.75, 3.05) is 6.26 Å². The lowest BCUT2D eigenvalue weighted by Gasteiger charge is -2.46. The lowest BCUT2D eigenvalue weighted by molar-refractivity contribution is 0.0556. The number of nitrogens with zero attached hydrogens (tertiary/aromatic N) is 2. The van der Waals surface area contributed by atoms with Crippen molar-refractivity contribution in [3.8, 4) is 11.4 Å². The first kappa shape index (κ1) is 18.9. The first-order chi connectivity index (χ1) is 14.8. The van der Waals surface area contributed by atoms with Gasteiger partial charge >= 0.3 is 6.03 Å². The molecule has 6 rings (SSSR count). The summed E-state index contributed by atoms with van der Waals surface area (Å²) in [6, 6.07) is 4.90. The molecule has 2 amide bonds. The number of hydrogen-bond donors (Lipinski definition) is 3. The van der Waals surface area contributed by atoms with Crippen molar-refractivity contribution in [1.82, 2.24) is 25.4 Å². The third-order valence-electron chi connectivity index (χ3n) is 6.82. The van der Waals surface area contributed by atoms with Gasteiger partial charge in [-0.25, -0.2) is 17.6 Å². The number of hydrogen-bond acceptors (Lipinski definition) is 4. The van der Waals surface area contributed by atoms with Crippen LogP contribution in [0.5, 0.6) is 0 Å². The highest BCUT2D eigenvalue weighted by Crippen LogP contribution is 2.54. The van der Waals surface area contributed by atoms with E-state index in [9.17, 15) is 17.6 Å². The van der Waals surface area contributed by atoms with Crippen molar-refractivity contribution in [1.29, 1.82) is 0 Å². The maximum Gasteiger partial charge on any atom is 0.318 e. The summed E-state index contributed by atoms with van der Waals surface area (Å²) >= 11 is 0. The smallest absolute Gasteiger partial charge is 0.318 e. The van der Waals surface area contributed by atoms with E-state index in [4.69, 9.17) is 0 Å². The highest BCUT2D eigenvalue weighted by molar-refractivity contribution is 7.90. The number of amides is 2. The molecule has 0 atom stereocenters. The minimum absolute atomic E-state index is 0.0433. The zero-order valence-corrected chi connectivity index (χ0v) is 17.8. The van der Waals surface area contributed by atoms with Crippen LogP contribution in [0.2, 0.25) is 0 Å². The van der Waals surface area contributed by atoms with E-state index >= 15 is 0 Å². The van der Waals surface area contributed by atoms with Crippen LogP contribution in [0.3, 0.4) is 0 Å². The van der Waals surface area contributed by atoms with Crippen LogP contribution >= 0.6 is 0 Å². The Morgan fingerprint density at radius 1 is 1.32 bits per heavy atom. The lowest BCUT2D eigenvalue weighted by Crippen LogP contribution is -2.53. The molecule has 1 aliphatic heterocycles. The number of halogens is 1. The van der Waals surface area contributed by atoms with E-state index in [-0.39, 0.29) is 22.5 Å². The monoisotopic (exact) mass is 443 g/mol. The number of sulfone groups is 1. The molecule has 2 aromatic heterocycles. The Morgan fingerprint density at radius 3 is 2.74 bits per heavy atom. The summed E-state index contributed by atoms with van der Waals surface area (Å²) in [6.45, 7) is 0.466. The van der Waals surface area contributed by atoms with Crippen molar-refractivity contribution in [3.63, 3.8) is 0 Å². The average Bonchev–Trinajstić information content (AvgIpc) is 3.11. The summed E-state index contributed by atoms with van der Waals surface area (Å²) in [5.41, 5.74) is 2.89. The molecule has 2 saturated carbocycles. The fourth-order valence-electron chi connectivity index (χ4n) is 4.97. The second-order valence-electron chi connectivity index (χ2n) is 8.92. The van der Waals surface area contributed by atoms with Crippen molar-refractivity contribution < 1.29 is 17.6 Å². The van der Waals surface area contributed by atoms with Gasteiger partial charge in [-0.1, -0.05) is 6.07 Å². The topological polar surface area (TPSA) is 111 Å². The van der Waals surface area contributed by atoms with Gasteiger partial charge in [-0.2, -0.15) is 5.10 Å². The van der Waals surface area contributed by atoms with Gasteiger partial charge < -0.3 is 15.2 Å². The summed E-state index contributed by atoms with van der Waals surface area (Å²) in [5.74, 6) is -0.790. The summed E-state index contributed by atoms with van der Waals surface area (Å²) in [7, 11) is -3.68.